The number of ketones is 1. The Morgan fingerprint density at radius 3 is 2.63 bits per heavy atom. The molecule has 19 heavy (non-hydrogen) atoms. The van der Waals surface area contributed by atoms with Crippen molar-refractivity contribution in [3.8, 4) is 0 Å². The fourth-order valence-electron chi connectivity index (χ4n) is 2.54. The van der Waals surface area contributed by atoms with Gasteiger partial charge in [-0.2, -0.15) is 0 Å². The first-order chi connectivity index (χ1) is 9.16. The maximum atomic E-state index is 13.9. The van der Waals surface area contributed by atoms with E-state index in [1.54, 1.807) is 24.3 Å². The summed E-state index contributed by atoms with van der Waals surface area (Å²) < 4.78 is 27.7. The average molecular weight is 258 g/mol. The van der Waals surface area contributed by atoms with Gasteiger partial charge in [0.2, 0.25) is 0 Å². The lowest BCUT2D eigenvalue weighted by Crippen LogP contribution is -2.11. The maximum absolute atomic E-state index is 13.9. The van der Waals surface area contributed by atoms with Crippen molar-refractivity contribution in [2.75, 3.05) is 0 Å². The molecule has 0 fully saturated rings. The number of halogens is 2. The zero-order valence-electron chi connectivity index (χ0n) is 10.2. The third-order valence-corrected chi connectivity index (χ3v) is 3.46. The van der Waals surface area contributed by atoms with E-state index in [9.17, 15) is 13.6 Å². The Hall–Kier alpha value is -2.03. The molecule has 0 amide bonds. The molecule has 3 heteroatoms. The smallest absolute Gasteiger partial charge is 0.169 e. The highest BCUT2D eigenvalue weighted by atomic mass is 19.1. The van der Waals surface area contributed by atoms with Gasteiger partial charge in [-0.05, 0) is 29.7 Å². The molecule has 0 unspecified atom stereocenters. The molecule has 0 radical (unpaired) electrons. The van der Waals surface area contributed by atoms with E-state index in [2.05, 4.69) is 0 Å². The first-order valence-electron chi connectivity index (χ1n) is 6.23. The molecule has 0 saturated heterocycles. The van der Waals surface area contributed by atoms with Gasteiger partial charge in [0.15, 0.2) is 5.78 Å². The molecule has 1 nitrogen and oxygen atoms in total. The molecule has 0 spiro atoms. The molecule has 3 aliphatic rings. The summed E-state index contributed by atoms with van der Waals surface area (Å²) in [4.78, 5) is 12.0. The van der Waals surface area contributed by atoms with Gasteiger partial charge in [-0.1, -0.05) is 24.3 Å². The van der Waals surface area contributed by atoms with E-state index in [1.807, 2.05) is 6.08 Å². The van der Waals surface area contributed by atoms with Crippen LogP contribution >= 0.6 is 0 Å². The molecule has 0 heterocycles. The van der Waals surface area contributed by atoms with Gasteiger partial charge in [-0.15, -0.1) is 0 Å². The van der Waals surface area contributed by atoms with Crippen LogP contribution in [0.1, 0.15) is 19.3 Å². The Balaban J connectivity index is 2.18. The van der Waals surface area contributed by atoms with E-state index >= 15 is 0 Å². The van der Waals surface area contributed by atoms with Crippen LogP contribution < -0.4 is 0 Å². The Morgan fingerprint density at radius 1 is 1.00 bits per heavy atom. The van der Waals surface area contributed by atoms with Crippen molar-refractivity contribution in [3.05, 3.63) is 70.4 Å². The Bertz CT molecular complexity index is 640. The Labute approximate surface area is 110 Å². The number of carbonyl (C=O) groups is 1. The number of fused-ring (bicyclic) bond motifs is 2. The van der Waals surface area contributed by atoms with Crippen LogP contribution in [0.15, 0.2) is 70.4 Å². The molecule has 3 aliphatic carbocycles. The second-order valence-corrected chi connectivity index (χ2v) is 4.71. The summed E-state index contributed by atoms with van der Waals surface area (Å²) in [7, 11) is 0. The van der Waals surface area contributed by atoms with Gasteiger partial charge >= 0.3 is 0 Å². The van der Waals surface area contributed by atoms with E-state index in [0.29, 0.717) is 23.1 Å². The van der Waals surface area contributed by atoms with E-state index in [0.717, 1.165) is 0 Å². The van der Waals surface area contributed by atoms with Crippen molar-refractivity contribution in [2.24, 2.45) is 0 Å². The van der Waals surface area contributed by atoms with Crippen LogP contribution in [0.4, 0.5) is 8.78 Å². The van der Waals surface area contributed by atoms with Crippen LogP contribution in [0.5, 0.6) is 0 Å². The van der Waals surface area contributed by atoms with Gasteiger partial charge in [0.05, 0.1) is 5.57 Å². The van der Waals surface area contributed by atoms with Crippen LogP contribution in [0, 0.1) is 0 Å². The molecule has 0 saturated carbocycles. The van der Waals surface area contributed by atoms with Crippen LogP contribution in [0.3, 0.4) is 0 Å². The summed E-state index contributed by atoms with van der Waals surface area (Å²) >= 11 is 0. The van der Waals surface area contributed by atoms with Crippen molar-refractivity contribution in [3.63, 3.8) is 0 Å². The summed E-state index contributed by atoms with van der Waals surface area (Å²) in [5.41, 5.74) is 1.85. The highest BCUT2D eigenvalue weighted by Gasteiger charge is 2.24. The van der Waals surface area contributed by atoms with Gasteiger partial charge in [-0.25, -0.2) is 8.78 Å². The van der Waals surface area contributed by atoms with E-state index in [-0.39, 0.29) is 30.0 Å². The molecule has 0 atom stereocenters. The minimum Gasteiger partial charge on any atom is -0.294 e. The van der Waals surface area contributed by atoms with Gasteiger partial charge < -0.3 is 0 Å². The molecule has 0 aromatic heterocycles. The monoisotopic (exact) mass is 258 g/mol. The summed E-state index contributed by atoms with van der Waals surface area (Å²) in [5, 5.41) is 0. The lowest BCUT2D eigenvalue weighted by molar-refractivity contribution is -0.114. The first kappa shape index (κ1) is 12.0. The van der Waals surface area contributed by atoms with Crippen molar-refractivity contribution in [1.29, 1.82) is 0 Å². The molecule has 3 rings (SSSR count). The highest BCUT2D eigenvalue weighted by Crippen LogP contribution is 2.35. The van der Waals surface area contributed by atoms with Crippen LogP contribution in [-0.4, -0.2) is 5.78 Å². The van der Waals surface area contributed by atoms with Gasteiger partial charge in [0.1, 0.15) is 11.7 Å². The van der Waals surface area contributed by atoms with Crippen molar-refractivity contribution in [1.82, 2.24) is 0 Å². The minimum absolute atomic E-state index is 0.102. The zero-order chi connectivity index (χ0) is 13.4. The number of carbonyl (C=O) groups excluding carboxylic acids is 1. The van der Waals surface area contributed by atoms with Crippen LogP contribution in [-0.2, 0) is 4.79 Å². The zero-order valence-corrected chi connectivity index (χ0v) is 10.2. The number of hydrogen-bond donors (Lipinski definition) is 0. The minimum atomic E-state index is -0.522. The maximum Gasteiger partial charge on any atom is 0.169 e. The van der Waals surface area contributed by atoms with Crippen molar-refractivity contribution < 1.29 is 13.6 Å². The van der Waals surface area contributed by atoms with Crippen molar-refractivity contribution >= 4 is 5.78 Å². The molecular weight excluding hydrogens is 246 g/mol. The van der Waals surface area contributed by atoms with E-state index in [1.165, 1.54) is 6.08 Å². The van der Waals surface area contributed by atoms with Crippen LogP contribution in [0.2, 0.25) is 0 Å². The number of allylic oxidation sites excluding steroid dienone is 12. The molecular formula is C16H12F2O. The molecule has 0 N–H and O–H groups in total. The van der Waals surface area contributed by atoms with Crippen LogP contribution in [0.25, 0.3) is 0 Å². The largest absolute Gasteiger partial charge is 0.294 e. The van der Waals surface area contributed by atoms with Gasteiger partial charge in [-0.3, -0.25) is 4.79 Å². The summed E-state index contributed by atoms with van der Waals surface area (Å²) in [6, 6.07) is 0. The second kappa shape index (κ2) is 4.57. The SMILES string of the molecule is O=C1C/C=C2/C=CCC(F)=C2/C=C2/CC=CC(F)=C12. The molecule has 0 aliphatic heterocycles. The average Bonchev–Trinajstić information content (AvgIpc) is 2.37. The quantitative estimate of drug-likeness (QED) is 0.637. The van der Waals surface area contributed by atoms with Gasteiger partial charge in [0, 0.05) is 18.4 Å². The fourth-order valence-corrected chi connectivity index (χ4v) is 2.54. The molecule has 96 valence electrons. The topological polar surface area (TPSA) is 17.1 Å². The van der Waals surface area contributed by atoms with Gasteiger partial charge in [0.25, 0.3) is 0 Å². The number of hydrogen-bond acceptors (Lipinski definition) is 1. The highest BCUT2D eigenvalue weighted by molar-refractivity contribution is 6.02. The Morgan fingerprint density at radius 2 is 1.79 bits per heavy atom. The first-order valence-corrected chi connectivity index (χ1v) is 6.23. The standard InChI is InChI=1S/C16H12F2O/c17-13-5-1-3-10-7-8-15(19)16-11(9-12(10)13)4-2-6-14(16)18/h1-3,6-7,9H,4-5,8H2/b10-7-,11-9-. The predicted molar refractivity (Wildman–Crippen MR) is 69.6 cm³/mol. The normalized spacial score (nSPS) is 28.0. The Kier molecular flexibility index (Phi) is 2.90. The summed E-state index contributed by atoms with van der Waals surface area (Å²) in [5.74, 6) is -1.00. The summed E-state index contributed by atoms with van der Waals surface area (Å²) in [6.45, 7) is 0. The lowest BCUT2D eigenvalue weighted by atomic mass is 9.85. The molecule has 0 bridgehead atoms. The predicted octanol–water partition coefficient (Wildman–Crippen LogP) is 4.18. The number of Topliss-reactive ketones (excluding diaryl/α,β-unsaturated/α-hetero) is 1. The van der Waals surface area contributed by atoms with Crippen molar-refractivity contribution in [2.45, 2.75) is 19.3 Å². The van der Waals surface area contributed by atoms with E-state index < -0.39 is 5.83 Å². The molecule has 0 aromatic rings. The summed E-state index contributed by atoms with van der Waals surface area (Å²) in [6.07, 6.45) is 10.6. The second-order valence-electron chi connectivity index (χ2n) is 4.71. The van der Waals surface area contributed by atoms with E-state index in [4.69, 9.17) is 0 Å². The molecule has 0 aromatic carbocycles. The lowest BCUT2D eigenvalue weighted by Gasteiger charge is -2.19. The fraction of sp³-hybridized carbons (Fsp3) is 0.188. The third-order valence-electron chi connectivity index (χ3n) is 3.46. The third kappa shape index (κ3) is 2.05. The number of rotatable bonds is 0.